The molecule has 0 bridgehead atoms. The van der Waals surface area contributed by atoms with E-state index in [1.807, 2.05) is 39.0 Å². The minimum atomic E-state index is 0.152. The number of hydrogen-bond acceptors (Lipinski definition) is 3. The van der Waals surface area contributed by atoms with Gasteiger partial charge in [-0.1, -0.05) is 18.2 Å². The van der Waals surface area contributed by atoms with Crippen molar-refractivity contribution in [3.63, 3.8) is 0 Å². The molecule has 0 radical (unpaired) electrons. The van der Waals surface area contributed by atoms with E-state index in [0.717, 1.165) is 29.5 Å². The standard InChI is InChI=1S/C24H26O3/c1-15-12-19(25)6-4-18(15)5-9-24(22-10-7-20(26)13-16(22)2)23-11-8-21(27)14-17(23)3/h4,6-8,10-14,24-27H,5,9H2,1-3H3. The topological polar surface area (TPSA) is 60.7 Å². The van der Waals surface area contributed by atoms with Gasteiger partial charge < -0.3 is 15.3 Å². The van der Waals surface area contributed by atoms with Crippen molar-refractivity contribution in [1.29, 1.82) is 0 Å². The largest absolute Gasteiger partial charge is 0.508 e. The van der Waals surface area contributed by atoms with Crippen molar-refractivity contribution < 1.29 is 15.3 Å². The van der Waals surface area contributed by atoms with E-state index in [4.69, 9.17) is 0 Å². The first-order valence-corrected chi connectivity index (χ1v) is 9.22. The summed E-state index contributed by atoms with van der Waals surface area (Å²) in [4.78, 5) is 0. The summed E-state index contributed by atoms with van der Waals surface area (Å²) in [6.45, 7) is 6.05. The van der Waals surface area contributed by atoms with Crippen LogP contribution in [0.25, 0.3) is 0 Å². The fourth-order valence-electron chi connectivity index (χ4n) is 3.84. The molecule has 0 spiro atoms. The van der Waals surface area contributed by atoms with Crippen LogP contribution < -0.4 is 0 Å². The van der Waals surface area contributed by atoms with Crippen LogP contribution in [0.5, 0.6) is 17.2 Å². The van der Waals surface area contributed by atoms with Gasteiger partial charge in [0, 0.05) is 5.92 Å². The Morgan fingerprint density at radius 1 is 0.630 bits per heavy atom. The van der Waals surface area contributed by atoms with E-state index in [2.05, 4.69) is 0 Å². The van der Waals surface area contributed by atoms with E-state index in [1.54, 1.807) is 36.4 Å². The van der Waals surface area contributed by atoms with Gasteiger partial charge in [-0.05, 0) is 103 Å². The maximum atomic E-state index is 9.79. The number of phenolic OH excluding ortho intramolecular Hbond substituents is 3. The van der Waals surface area contributed by atoms with Crippen molar-refractivity contribution in [2.24, 2.45) is 0 Å². The molecule has 0 fully saturated rings. The number of rotatable bonds is 5. The second-order valence-corrected chi connectivity index (χ2v) is 7.28. The number of hydrogen-bond donors (Lipinski definition) is 3. The van der Waals surface area contributed by atoms with Crippen LogP contribution in [0, 0.1) is 20.8 Å². The molecule has 140 valence electrons. The molecular weight excluding hydrogens is 336 g/mol. The zero-order chi connectivity index (χ0) is 19.6. The highest BCUT2D eigenvalue weighted by Gasteiger charge is 2.19. The van der Waals surface area contributed by atoms with E-state index in [9.17, 15) is 15.3 Å². The Labute approximate surface area is 160 Å². The predicted octanol–water partition coefficient (Wildman–Crippen LogP) is 5.49. The Kier molecular flexibility index (Phi) is 5.41. The highest BCUT2D eigenvalue weighted by Crippen LogP contribution is 2.36. The fourth-order valence-corrected chi connectivity index (χ4v) is 3.84. The summed E-state index contributed by atoms with van der Waals surface area (Å²) in [6.07, 6.45) is 1.76. The Morgan fingerprint density at radius 2 is 1.07 bits per heavy atom. The summed E-state index contributed by atoms with van der Waals surface area (Å²) in [6, 6.07) is 16.5. The van der Waals surface area contributed by atoms with E-state index in [1.165, 1.54) is 16.7 Å². The summed E-state index contributed by atoms with van der Waals surface area (Å²) in [5.74, 6) is 0.981. The maximum absolute atomic E-state index is 9.79. The first kappa shape index (κ1) is 18.8. The number of aryl methyl sites for hydroxylation is 4. The molecule has 0 aromatic heterocycles. The molecule has 0 unspecified atom stereocenters. The van der Waals surface area contributed by atoms with Crippen LogP contribution in [0.15, 0.2) is 54.6 Å². The first-order valence-electron chi connectivity index (χ1n) is 9.22. The van der Waals surface area contributed by atoms with Gasteiger partial charge in [-0.15, -0.1) is 0 Å². The third-order valence-corrected chi connectivity index (χ3v) is 5.29. The van der Waals surface area contributed by atoms with Gasteiger partial charge in [0.15, 0.2) is 0 Å². The van der Waals surface area contributed by atoms with Crippen molar-refractivity contribution in [2.75, 3.05) is 0 Å². The smallest absolute Gasteiger partial charge is 0.115 e. The lowest BCUT2D eigenvalue weighted by atomic mass is 9.82. The van der Waals surface area contributed by atoms with Gasteiger partial charge in [0.25, 0.3) is 0 Å². The highest BCUT2D eigenvalue weighted by atomic mass is 16.3. The molecular formula is C24H26O3. The summed E-state index contributed by atoms with van der Waals surface area (Å²) >= 11 is 0. The minimum Gasteiger partial charge on any atom is -0.508 e. The van der Waals surface area contributed by atoms with Crippen LogP contribution in [-0.2, 0) is 6.42 Å². The zero-order valence-corrected chi connectivity index (χ0v) is 16.0. The van der Waals surface area contributed by atoms with Crippen LogP contribution in [0.4, 0.5) is 0 Å². The average molecular weight is 362 g/mol. The monoisotopic (exact) mass is 362 g/mol. The van der Waals surface area contributed by atoms with Crippen LogP contribution in [0.2, 0.25) is 0 Å². The number of benzene rings is 3. The van der Waals surface area contributed by atoms with Gasteiger partial charge in [0.05, 0.1) is 0 Å². The van der Waals surface area contributed by atoms with Gasteiger partial charge in [-0.2, -0.15) is 0 Å². The van der Waals surface area contributed by atoms with Crippen molar-refractivity contribution in [3.05, 3.63) is 88.0 Å². The van der Waals surface area contributed by atoms with Crippen molar-refractivity contribution in [2.45, 2.75) is 39.5 Å². The molecule has 3 nitrogen and oxygen atoms in total. The quantitative estimate of drug-likeness (QED) is 0.562. The lowest BCUT2D eigenvalue weighted by Crippen LogP contribution is -2.07. The summed E-state index contributed by atoms with van der Waals surface area (Å²) in [7, 11) is 0. The highest BCUT2D eigenvalue weighted by molar-refractivity contribution is 5.45. The van der Waals surface area contributed by atoms with Crippen molar-refractivity contribution >= 4 is 0 Å². The molecule has 0 amide bonds. The molecule has 0 aliphatic heterocycles. The Hall–Kier alpha value is -2.94. The molecule has 0 saturated carbocycles. The maximum Gasteiger partial charge on any atom is 0.115 e. The average Bonchev–Trinajstić information content (AvgIpc) is 2.59. The minimum absolute atomic E-state index is 0.152. The van der Waals surface area contributed by atoms with Crippen LogP contribution >= 0.6 is 0 Å². The third kappa shape index (κ3) is 4.25. The van der Waals surface area contributed by atoms with Gasteiger partial charge in [-0.3, -0.25) is 0 Å². The molecule has 0 aliphatic rings. The fraction of sp³-hybridized carbons (Fsp3) is 0.250. The Balaban J connectivity index is 1.99. The second kappa shape index (κ2) is 7.75. The van der Waals surface area contributed by atoms with Crippen molar-refractivity contribution in [3.8, 4) is 17.2 Å². The van der Waals surface area contributed by atoms with Gasteiger partial charge in [0.1, 0.15) is 17.2 Å². The van der Waals surface area contributed by atoms with E-state index in [0.29, 0.717) is 0 Å². The molecule has 3 aromatic carbocycles. The molecule has 3 aromatic rings. The Morgan fingerprint density at radius 3 is 1.52 bits per heavy atom. The summed E-state index contributed by atoms with van der Waals surface area (Å²) in [5.41, 5.74) is 6.75. The van der Waals surface area contributed by atoms with Crippen LogP contribution in [0.3, 0.4) is 0 Å². The predicted molar refractivity (Wildman–Crippen MR) is 109 cm³/mol. The Bertz CT molecular complexity index is 908. The number of aromatic hydroxyl groups is 3. The van der Waals surface area contributed by atoms with Crippen molar-refractivity contribution in [1.82, 2.24) is 0 Å². The molecule has 3 rings (SSSR count). The molecule has 0 saturated heterocycles. The number of phenols is 3. The molecule has 0 heterocycles. The lowest BCUT2D eigenvalue weighted by molar-refractivity contribution is 0.474. The summed E-state index contributed by atoms with van der Waals surface area (Å²) in [5, 5.41) is 29.2. The molecule has 0 atom stereocenters. The van der Waals surface area contributed by atoms with E-state index < -0.39 is 0 Å². The molecule has 27 heavy (non-hydrogen) atoms. The van der Waals surface area contributed by atoms with E-state index in [-0.39, 0.29) is 23.2 Å². The summed E-state index contributed by atoms with van der Waals surface area (Å²) < 4.78 is 0. The normalized spacial score (nSPS) is 11.1. The second-order valence-electron chi connectivity index (χ2n) is 7.28. The van der Waals surface area contributed by atoms with E-state index >= 15 is 0 Å². The first-order chi connectivity index (χ1) is 12.8. The van der Waals surface area contributed by atoms with Gasteiger partial charge in [0.2, 0.25) is 0 Å². The van der Waals surface area contributed by atoms with Gasteiger partial charge >= 0.3 is 0 Å². The van der Waals surface area contributed by atoms with Crippen LogP contribution in [-0.4, -0.2) is 15.3 Å². The SMILES string of the molecule is Cc1cc(O)ccc1CCC(c1ccc(O)cc1C)c1ccc(O)cc1C. The molecule has 3 N–H and O–H groups in total. The zero-order valence-electron chi connectivity index (χ0n) is 16.0. The third-order valence-electron chi connectivity index (χ3n) is 5.29. The lowest BCUT2D eigenvalue weighted by Gasteiger charge is -2.23. The molecule has 0 aliphatic carbocycles. The molecule has 3 heteroatoms. The van der Waals surface area contributed by atoms with Gasteiger partial charge in [-0.25, -0.2) is 0 Å². The van der Waals surface area contributed by atoms with Crippen LogP contribution in [0.1, 0.15) is 45.7 Å².